The molecule has 0 aromatic heterocycles. The van der Waals surface area contributed by atoms with E-state index in [2.05, 4.69) is 28.4 Å². The van der Waals surface area contributed by atoms with Crippen LogP contribution in [0.25, 0.3) is 0 Å². The zero-order valence-corrected chi connectivity index (χ0v) is 13.7. The normalized spacial score (nSPS) is 26.0. The number of anilines is 1. The van der Waals surface area contributed by atoms with Crippen molar-refractivity contribution in [1.29, 1.82) is 5.26 Å². The van der Waals surface area contributed by atoms with E-state index in [1.807, 2.05) is 12.1 Å². The SMILES string of the molecule is N#Cc1ccc(N2CCC(NC3CCCC(CO)C3)CC2)cc1. The van der Waals surface area contributed by atoms with Crippen LogP contribution >= 0.6 is 0 Å². The molecule has 0 spiro atoms. The van der Waals surface area contributed by atoms with Crippen LogP contribution in [0.5, 0.6) is 0 Å². The number of aliphatic hydroxyl groups excluding tert-OH is 1. The van der Waals surface area contributed by atoms with Crippen LogP contribution in [-0.2, 0) is 0 Å². The Balaban J connectivity index is 1.47. The Labute approximate surface area is 139 Å². The summed E-state index contributed by atoms with van der Waals surface area (Å²) in [5.74, 6) is 0.500. The smallest absolute Gasteiger partial charge is 0.0991 e. The van der Waals surface area contributed by atoms with Gasteiger partial charge in [0.1, 0.15) is 0 Å². The number of nitrogens with zero attached hydrogens (tertiary/aromatic N) is 2. The summed E-state index contributed by atoms with van der Waals surface area (Å²) in [5, 5.41) is 22.1. The van der Waals surface area contributed by atoms with E-state index >= 15 is 0 Å². The van der Waals surface area contributed by atoms with Crippen molar-refractivity contribution in [3.8, 4) is 6.07 Å². The molecule has 2 unspecified atom stereocenters. The number of nitriles is 1. The van der Waals surface area contributed by atoms with Crippen LogP contribution in [0.3, 0.4) is 0 Å². The average molecular weight is 313 g/mol. The standard InChI is InChI=1S/C19H27N3O/c20-13-15-4-6-19(7-5-15)22-10-8-17(9-11-22)21-18-3-1-2-16(12-18)14-23/h4-7,16-18,21,23H,1-3,8-12,14H2. The quantitative estimate of drug-likeness (QED) is 0.897. The first-order valence-corrected chi connectivity index (χ1v) is 8.90. The Morgan fingerprint density at radius 3 is 2.48 bits per heavy atom. The molecule has 1 saturated carbocycles. The van der Waals surface area contributed by atoms with Gasteiger partial charge >= 0.3 is 0 Å². The summed E-state index contributed by atoms with van der Waals surface area (Å²) in [7, 11) is 0. The molecule has 0 amide bonds. The molecule has 4 heteroatoms. The first kappa shape index (κ1) is 16.3. The molecule has 1 aliphatic heterocycles. The predicted molar refractivity (Wildman–Crippen MR) is 92.4 cm³/mol. The molecule has 124 valence electrons. The molecule has 2 aliphatic rings. The molecule has 23 heavy (non-hydrogen) atoms. The molecule has 3 rings (SSSR count). The number of rotatable bonds is 4. The van der Waals surface area contributed by atoms with Gasteiger partial charge < -0.3 is 15.3 Å². The highest BCUT2D eigenvalue weighted by atomic mass is 16.3. The van der Waals surface area contributed by atoms with Crippen molar-refractivity contribution in [3.05, 3.63) is 29.8 Å². The molecule has 1 aromatic carbocycles. The van der Waals surface area contributed by atoms with Crippen LogP contribution in [0, 0.1) is 17.2 Å². The molecule has 1 heterocycles. The summed E-state index contributed by atoms with van der Waals surface area (Å²) in [5.41, 5.74) is 1.95. The minimum absolute atomic E-state index is 0.343. The van der Waals surface area contributed by atoms with Gasteiger partial charge in [-0.05, 0) is 62.3 Å². The van der Waals surface area contributed by atoms with E-state index in [4.69, 9.17) is 5.26 Å². The predicted octanol–water partition coefficient (Wildman–Crippen LogP) is 2.67. The Kier molecular flexibility index (Phi) is 5.53. The van der Waals surface area contributed by atoms with Crippen LogP contribution in [-0.4, -0.2) is 36.9 Å². The van der Waals surface area contributed by atoms with Crippen molar-refractivity contribution in [2.24, 2.45) is 5.92 Å². The van der Waals surface area contributed by atoms with Crippen molar-refractivity contribution in [3.63, 3.8) is 0 Å². The lowest BCUT2D eigenvalue weighted by Crippen LogP contribution is -2.47. The van der Waals surface area contributed by atoms with Gasteiger partial charge in [-0.15, -0.1) is 0 Å². The largest absolute Gasteiger partial charge is 0.396 e. The molecular formula is C19H27N3O. The Hall–Kier alpha value is -1.57. The minimum atomic E-state index is 0.343. The first-order valence-electron chi connectivity index (χ1n) is 8.90. The van der Waals surface area contributed by atoms with Crippen LogP contribution < -0.4 is 10.2 Å². The molecule has 0 bridgehead atoms. The maximum absolute atomic E-state index is 9.36. The molecule has 0 radical (unpaired) electrons. The van der Waals surface area contributed by atoms with Crippen LogP contribution in [0.1, 0.15) is 44.1 Å². The molecule has 2 fully saturated rings. The highest BCUT2D eigenvalue weighted by molar-refractivity contribution is 5.50. The minimum Gasteiger partial charge on any atom is -0.396 e. The van der Waals surface area contributed by atoms with Crippen molar-refractivity contribution in [1.82, 2.24) is 5.32 Å². The number of nitrogens with one attached hydrogen (secondary N) is 1. The zero-order valence-electron chi connectivity index (χ0n) is 13.7. The molecule has 1 aliphatic carbocycles. The number of piperidine rings is 1. The fraction of sp³-hybridized carbons (Fsp3) is 0.632. The lowest BCUT2D eigenvalue weighted by molar-refractivity contribution is 0.164. The summed E-state index contributed by atoms with van der Waals surface area (Å²) in [4.78, 5) is 2.41. The van der Waals surface area contributed by atoms with E-state index in [9.17, 15) is 5.11 Å². The van der Waals surface area contributed by atoms with E-state index in [1.54, 1.807) is 0 Å². The van der Waals surface area contributed by atoms with E-state index in [1.165, 1.54) is 37.8 Å². The molecule has 2 N–H and O–H groups in total. The van der Waals surface area contributed by atoms with Gasteiger partial charge in [0.05, 0.1) is 11.6 Å². The van der Waals surface area contributed by atoms with Crippen LogP contribution in [0.15, 0.2) is 24.3 Å². The van der Waals surface area contributed by atoms with Gasteiger partial charge in [-0.25, -0.2) is 0 Å². The Bertz CT molecular complexity index is 529. The second kappa shape index (κ2) is 7.81. The van der Waals surface area contributed by atoms with Crippen molar-refractivity contribution < 1.29 is 5.11 Å². The molecule has 1 saturated heterocycles. The Morgan fingerprint density at radius 1 is 1.09 bits per heavy atom. The monoisotopic (exact) mass is 313 g/mol. The van der Waals surface area contributed by atoms with E-state index in [-0.39, 0.29) is 0 Å². The summed E-state index contributed by atoms with van der Waals surface area (Å²) >= 11 is 0. The fourth-order valence-corrected chi connectivity index (χ4v) is 3.99. The third-order valence-corrected chi connectivity index (χ3v) is 5.37. The summed E-state index contributed by atoms with van der Waals surface area (Å²) in [6, 6.07) is 11.3. The van der Waals surface area contributed by atoms with Gasteiger partial charge in [0.25, 0.3) is 0 Å². The van der Waals surface area contributed by atoms with Crippen molar-refractivity contribution in [2.75, 3.05) is 24.6 Å². The highest BCUT2D eigenvalue weighted by Gasteiger charge is 2.26. The van der Waals surface area contributed by atoms with E-state index < -0.39 is 0 Å². The first-order chi connectivity index (χ1) is 11.3. The number of hydrogen-bond acceptors (Lipinski definition) is 4. The molecular weight excluding hydrogens is 286 g/mol. The van der Waals surface area contributed by atoms with E-state index in [0.717, 1.165) is 25.1 Å². The molecule has 2 atom stereocenters. The fourth-order valence-electron chi connectivity index (χ4n) is 3.99. The summed E-state index contributed by atoms with van der Waals surface area (Å²) in [6.07, 6.45) is 7.15. The van der Waals surface area contributed by atoms with Crippen LogP contribution in [0.2, 0.25) is 0 Å². The third kappa shape index (κ3) is 4.25. The lowest BCUT2D eigenvalue weighted by atomic mass is 9.85. The third-order valence-electron chi connectivity index (χ3n) is 5.37. The van der Waals surface area contributed by atoms with Crippen molar-refractivity contribution in [2.45, 2.75) is 50.6 Å². The Morgan fingerprint density at radius 2 is 1.83 bits per heavy atom. The van der Waals surface area contributed by atoms with Gasteiger partial charge in [0.2, 0.25) is 0 Å². The van der Waals surface area contributed by atoms with E-state index in [0.29, 0.717) is 24.6 Å². The maximum atomic E-state index is 9.36. The van der Waals surface area contributed by atoms with Gasteiger partial charge in [-0.1, -0.05) is 6.42 Å². The van der Waals surface area contributed by atoms with Crippen molar-refractivity contribution >= 4 is 5.69 Å². The molecule has 1 aromatic rings. The summed E-state index contributed by atoms with van der Waals surface area (Å²) < 4.78 is 0. The summed E-state index contributed by atoms with van der Waals surface area (Å²) in [6.45, 7) is 2.48. The number of hydrogen-bond donors (Lipinski definition) is 2. The zero-order chi connectivity index (χ0) is 16.1. The topological polar surface area (TPSA) is 59.3 Å². The van der Waals surface area contributed by atoms with Crippen LogP contribution in [0.4, 0.5) is 5.69 Å². The van der Waals surface area contributed by atoms with Gasteiger partial charge in [-0.3, -0.25) is 0 Å². The molecule has 4 nitrogen and oxygen atoms in total. The van der Waals surface area contributed by atoms with Gasteiger partial charge in [0, 0.05) is 37.5 Å². The highest BCUT2D eigenvalue weighted by Crippen LogP contribution is 2.26. The number of aliphatic hydroxyl groups is 1. The number of benzene rings is 1. The average Bonchev–Trinajstić information content (AvgIpc) is 2.63. The second-order valence-corrected chi connectivity index (χ2v) is 7.00. The van der Waals surface area contributed by atoms with Gasteiger partial charge in [-0.2, -0.15) is 5.26 Å². The van der Waals surface area contributed by atoms with Gasteiger partial charge in [0.15, 0.2) is 0 Å². The lowest BCUT2D eigenvalue weighted by Gasteiger charge is -2.37. The maximum Gasteiger partial charge on any atom is 0.0991 e. The second-order valence-electron chi connectivity index (χ2n) is 7.00.